The molecule has 0 aliphatic heterocycles. The van der Waals surface area contributed by atoms with E-state index in [1.165, 1.54) is 11.0 Å². The molecule has 2 amide bonds. The second-order valence-corrected chi connectivity index (χ2v) is 11.1. The molecule has 0 saturated carbocycles. The van der Waals surface area contributed by atoms with Gasteiger partial charge in [0, 0.05) is 22.9 Å². The van der Waals surface area contributed by atoms with Gasteiger partial charge in [-0.05, 0) is 54.3 Å². The van der Waals surface area contributed by atoms with Crippen molar-refractivity contribution in [3.8, 4) is 11.1 Å². The SMILES string of the molecule is CC(Cc1cccc(C(=N)NC(=O)OCc2ccccc2)c1)N(C(=O)O)c1ccc(-c2ccccc2S(N)(=O)=O)cc1. The number of amides is 2. The highest BCUT2D eigenvalue weighted by Crippen LogP contribution is 2.29. The number of ether oxygens (including phenoxy) is 1. The van der Waals surface area contributed by atoms with Gasteiger partial charge in [0.15, 0.2) is 0 Å². The van der Waals surface area contributed by atoms with Crippen LogP contribution >= 0.6 is 0 Å². The Morgan fingerprint density at radius 2 is 1.57 bits per heavy atom. The Bertz CT molecular complexity index is 1690. The number of carboxylic acid groups (broad SMARTS) is 1. The van der Waals surface area contributed by atoms with Crippen molar-refractivity contribution in [1.82, 2.24) is 5.32 Å². The Balaban J connectivity index is 1.44. The summed E-state index contributed by atoms with van der Waals surface area (Å²) in [6.07, 6.45) is -1.59. The van der Waals surface area contributed by atoms with Crippen LogP contribution in [0.1, 0.15) is 23.6 Å². The Kier molecular flexibility index (Phi) is 9.35. The normalized spacial score (nSPS) is 11.8. The van der Waals surface area contributed by atoms with E-state index in [0.717, 1.165) is 11.1 Å². The van der Waals surface area contributed by atoms with Crippen molar-refractivity contribution in [2.45, 2.75) is 30.9 Å². The van der Waals surface area contributed by atoms with Crippen LogP contribution in [-0.4, -0.2) is 37.6 Å². The molecule has 0 heterocycles. The van der Waals surface area contributed by atoms with E-state index in [0.29, 0.717) is 28.8 Å². The molecule has 0 aliphatic carbocycles. The van der Waals surface area contributed by atoms with Gasteiger partial charge >= 0.3 is 12.2 Å². The quantitative estimate of drug-likeness (QED) is 0.152. The van der Waals surface area contributed by atoms with Crippen LogP contribution in [0.5, 0.6) is 0 Å². The van der Waals surface area contributed by atoms with Crippen LogP contribution in [-0.2, 0) is 27.8 Å². The molecule has 11 heteroatoms. The first-order chi connectivity index (χ1) is 20.0. The number of carbonyl (C=O) groups excluding carboxylic acids is 1. The van der Waals surface area contributed by atoms with Crippen LogP contribution in [0.4, 0.5) is 15.3 Å². The summed E-state index contributed by atoms with van der Waals surface area (Å²) >= 11 is 0. The van der Waals surface area contributed by atoms with Crippen LogP contribution in [0.15, 0.2) is 108 Å². The molecule has 4 rings (SSSR count). The Hall–Kier alpha value is -5.00. The summed E-state index contributed by atoms with van der Waals surface area (Å²) in [5.74, 6) is -0.145. The van der Waals surface area contributed by atoms with Gasteiger partial charge in [0.25, 0.3) is 0 Å². The highest BCUT2D eigenvalue weighted by molar-refractivity contribution is 7.89. The van der Waals surface area contributed by atoms with E-state index in [-0.39, 0.29) is 17.3 Å². The standard InChI is InChI=1S/C31H30N4O6S/c1-21(18-23-10-7-11-25(19-23)29(32)34-30(36)41-20-22-8-3-2-4-9-22)35(31(37)38)26-16-14-24(15-17-26)27-12-5-6-13-28(27)42(33,39)40/h2-17,19,21H,18,20H2,1H3,(H,37,38)(H2,32,34,36)(H2,33,39,40). The number of primary sulfonamides is 1. The fourth-order valence-electron chi connectivity index (χ4n) is 4.53. The van der Waals surface area contributed by atoms with Crippen molar-refractivity contribution in [1.29, 1.82) is 5.41 Å². The summed E-state index contributed by atoms with van der Waals surface area (Å²) in [7, 11) is -3.95. The number of rotatable bonds is 9. The zero-order chi connectivity index (χ0) is 30.3. The fourth-order valence-corrected chi connectivity index (χ4v) is 5.29. The van der Waals surface area contributed by atoms with Crippen molar-refractivity contribution < 1.29 is 27.9 Å². The number of hydrogen-bond donors (Lipinski definition) is 4. The van der Waals surface area contributed by atoms with E-state index < -0.39 is 28.3 Å². The van der Waals surface area contributed by atoms with E-state index in [2.05, 4.69) is 5.32 Å². The predicted octanol–water partition coefficient (Wildman–Crippen LogP) is 5.37. The van der Waals surface area contributed by atoms with Crippen molar-refractivity contribution in [2.24, 2.45) is 5.14 Å². The van der Waals surface area contributed by atoms with Gasteiger partial charge in [-0.1, -0.05) is 78.9 Å². The molecule has 216 valence electrons. The van der Waals surface area contributed by atoms with Gasteiger partial charge in [-0.2, -0.15) is 0 Å². The Labute approximate surface area is 243 Å². The fraction of sp³-hybridized carbons (Fsp3) is 0.129. The molecule has 1 atom stereocenters. The summed E-state index contributed by atoms with van der Waals surface area (Å²) < 4.78 is 29.2. The maximum absolute atomic E-state index is 12.3. The summed E-state index contributed by atoms with van der Waals surface area (Å²) in [4.78, 5) is 25.6. The number of amidine groups is 1. The lowest BCUT2D eigenvalue weighted by atomic mass is 10.0. The third-order valence-corrected chi connectivity index (χ3v) is 7.45. The lowest BCUT2D eigenvalue weighted by Gasteiger charge is -2.27. The van der Waals surface area contributed by atoms with E-state index in [1.807, 2.05) is 36.4 Å². The van der Waals surface area contributed by atoms with E-state index >= 15 is 0 Å². The third-order valence-electron chi connectivity index (χ3n) is 6.48. The number of benzene rings is 4. The first-order valence-corrected chi connectivity index (χ1v) is 14.5. The zero-order valence-corrected chi connectivity index (χ0v) is 23.5. The summed E-state index contributed by atoms with van der Waals surface area (Å²) in [6.45, 7) is 1.83. The molecule has 5 N–H and O–H groups in total. The molecule has 0 fully saturated rings. The molecule has 4 aromatic carbocycles. The van der Waals surface area contributed by atoms with Gasteiger partial charge in [0.2, 0.25) is 10.0 Å². The number of anilines is 1. The number of nitrogens with two attached hydrogens (primary N) is 1. The molecule has 10 nitrogen and oxygen atoms in total. The second-order valence-electron chi connectivity index (χ2n) is 9.56. The molecule has 0 saturated heterocycles. The number of alkyl carbamates (subject to hydrolysis) is 1. The van der Waals surface area contributed by atoms with Crippen LogP contribution in [0.2, 0.25) is 0 Å². The minimum atomic E-state index is -3.95. The Morgan fingerprint density at radius 1 is 0.929 bits per heavy atom. The van der Waals surface area contributed by atoms with Crippen LogP contribution < -0.4 is 15.4 Å². The lowest BCUT2D eigenvalue weighted by molar-refractivity contribution is 0.145. The zero-order valence-electron chi connectivity index (χ0n) is 22.7. The maximum Gasteiger partial charge on any atom is 0.413 e. The number of hydrogen-bond acceptors (Lipinski definition) is 6. The van der Waals surface area contributed by atoms with Gasteiger partial charge in [-0.25, -0.2) is 23.1 Å². The van der Waals surface area contributed by atoms with E-state index in [4.69, 9.17) is 15.3 Å². The summed E-state index contributed by atoms with van der Waals surface area (Å²) in [5, 5.41) is 26.1. The first-order valence-electron chi connectivity index (χ1n) is 12.9. The second kappa shape index (κ2) is 13.1. The van der Waals surface area contributed by atoms with E-state index in [9.17, 15) is 23.1 Å². The number of sulfonamides is 1. The minimum Gasteiger partial charge on any atom is -0.465 e. The largest absolute Gasteiger partial charge is 0.465 e. The molecular formula is C31H30N4O6S. The number of nitrogens with zero attached hydrogens (tertiary/aromatic N) is 1. The first kappa shape index (κ1) is 30.0. The van der Waals surface area contributed by atoms with Gasteiger partial charge in [-0.3, -0.25) is 15.6 Å². The average Bonchev–Trinajstić information content (AvgIpc) is 2.96. The summed E-state index contributed by atoms with van der Waals surface area (Å²) in [5.41, 5.74) is 3.41. The van der Waals surface area contributed by atoms with Gasteiger partial charge < -0.3 is 9.84 Å². The topological polar surface area (TPSA) is 163 Å². The van der Waals surface area contributed by atoms with Crippen molar-refractivity contribution in [3.63, 3.8) is 0 Å². The maximum atomic E-state index is 12.3. The van der Waals surface area contributed by atoms with Crippen LogP contribution in [0.3, 0.4) is 0 Å². The lowest BCUT2D eigenvalue weighted by Crippen LogP contribution is -2.39. The van der Waals surface area contributed by atoms with Crippen LogP contribution in [0, 0.1) is 5.41 Å². The number of carbonyl (C=O) groups is 2. The summed E-state index contributed by atoms with van der Waals surface area (Å²) in [6, 6.07) is 28.4. The molecule has 0 spiro atoms. The molecule has 0 bridgehead atoms. The van der Waals surface area contributed by atoms with Crippen molar-refractivity contribution >= 4 is 33.7 Å². The number of nitrogens with one attached hydrogen (secondary N) is 2. The minimum absolute atomic E-state index is 0.0226. The van der Waals surface area contributed by atoms with Gasteiger partial charge in [0.1, 0.15) is 12.4 Å². The highest BCUT2D eigenvalue weighted by atomic mass is 32.2. The van der Waals surface area contributed by atoms with Crippen LogP contribution in [0.25, 0.3) is 11.1 Å². The molecule has 4 aromatic rings. The molecular weight excluding hydrogens is 556 g/mol. The molecule has 0 aliphatic rings. The predicted molar refractivity (Wildman–Crippen MR) is 160 cm³/mol. The van der Waals surface area contributed by atoms with Gasteiger partial charge in [-0.15, -0.1) is 0 Å². The molecule has 42 heavy (non-hydrogen) atoms. The van der Waals surface area contributed by atoms with Crippen molar-refractivity contribution in [2.75, 3.05) is 4.90 Å². The van der Waals surface area contributed by atoms with Gasteiger partial charge in [0.05, 0.1) is 4.90 Å². The molecule has 0 aromatic heterocycles. The van der Waals surface area contributed by atoms with Crippen molar-refractivity contribution in [3.05, 3.63) is 120 Å². The highest BCUT2D eigenvalue weighted by Gasteiger charge is 2.23. The Morgan fingerprint density at radius 3 is 2.24 bits per heavy atom. The smallest absolute Gasteiger partial charge is 0.413 e. The third kappa shape index (κ3) is 7.59. The van der Waals surface area contributed by atoms with E-state index in [1.54, 1.807) is 67.6 Å². The average molecular weight is 587 g/mol. The molecule has 1 unspecified atom stereocenters. The molecule has 0 radical (unpaired) electrons. The monoisotopic (exact) mass is 586 g/mol.